The van der Waals surface area contributed by atoms with E-state index in [2.05, 4.69) is 85.4 Å². The van der Waals surface area contributed by atoms with Gasteiger partial charge in [-0.2, -0.15) is 0 Å². The molecule has 152 valence electrons. The minimum Gasteiger partial charge on any atom is -0.335 e. The Morgan fingerprint density at radius 3 is 2.73 bits per heavy atom. The largest absolute Gasteiger partial charge is 0.335 e. The van der Waals surface area contributed by atoms with E-state index in [0.717, 1.165) is 27.7 Å². The standard InChI is InChI=1S/C25H24ClN3O/c1-15-11-16(2)22-18(12-15)13-17(23(26)27-22)9-10-25-24(3,4)19-7-5-6-8-20(19)29(25)14-21(30)28-25/h5-13H,14H2,1-4H3,(H,28,30)/b10-9+/t25-/m1/s1. The molecule has 2 aliphatic rings. The molecule has 2 aromatic carbocycles. The van der Waals surface area contributed by atoms with Gasteiger partial charge in [0.25, 0.3) is 0 Å². The fraction of sp³-hybridized carbons (Fsp3) is 0.280. The third kappa shape index (κ3) is 2.53. The molecular weight excluding hydrogens is 394 g/mol. The van der Waals surface area contributed by atoms with E-state index in [0.29, 0.717) is 11.7 Å². The van der Waals surface area contributed by atoms with Crippen molar-refractivity contribution in [3.05, 3.63) is 75.9 Å². The molecule has 2 aliphatic heterocycles. The van der Waals surface area contributed by atoms with Crippen molar-refractivity contribution in [3.8, 4) is 0 Å². The molecular formula is C25H24ClN3O. The number of fused-ring (bicyclic) bond motifs is 4. The predicted molar refractivity (Wildman–Crippen MR) is 123 cm³/mol. The van der Waals surface area contributed by atoms with Crippen LogP contribution in [-0.4, -0.2) is 23.1 Å². The van der Waals surface area contributed by atoms with Crippen molar-refractivity contribution in [2.75, 3.05) is 11.4 Å². The van der Waals surface area contributed by atoms with Crippen LogP contribution in [0.2, 0.25) is 5.15 Å². The fourth-order valence-corrected chi connectivity index (χ4v) is 5.31. The molecule has 1 fully saturated rings. The highest BCUT2D eigenvalue weighted by atomic mass is 35.5. The summed E-state index contributed by atoms with van der Waals surface area (Å²) in [7, 11) is 0. The van der Waals surface area contributed by atoms with Gasteiger partial charge < -0.3 is 10.2 Å². The average Bonchev–Trinajstić information content (AvgIpc) is 3.12. The number of hydrogen-bond acceptors (Lipinski definition) is 3. The van der Waals surface area contributed by atoms with E-state index in [4.69, 9.17) is 11.6 Å². The topological polar surface area (TPSA) is 45.2 Å². The number of carbonyl (C=O) groups excluding carboxylic acids is 1. The third-order valence-electron chi connectivity index (χ3n) is 6.62. The first-order valence-corrected chi connectivity index (χ1v) is 10.6. The molecule has 0 bridgehead atoms. The number of nitrogens with one attached hydrogen (secondary N) is 1. The van der Waals surface area contributed by atoms with E-state index < -0.39 is 5.66 Å². The van der Waals surface area contributed by atoms with Crippen molar-refractivity contribution in [2.24, 2.45) is 0 Å². The van der Waals surface area contributed by atoms with Crippen LogP contribution in [0.15, 0.2) is 48.5 Å². The lowest BCUT2D eigenvalue weighted by Crippen LogP contribution is -2.58. The molecule has 5 heteroatoms. The van der Waals surface area contributed by atoms with Gasteiger partial charge in [-0.25, -0.2) is 4.98 Å². The molecule has 3 aromatic rings. The molecule has 0 aliphatic carbocycles. The Morgan fingerprint density at radius 2 is 1.93 bits per heavy atom. The molecule has 5 rings (SSSR count). The second kappa shape index (κ2) is 6.32. The Labute approximate surface area is 181 Å². The normalized spacial score (nSPS) is 21.9. The minimum absolute atomic E-state index is 0.0243. The Morgan fingerprint density at radius 1 is 1.17 bits per heavy atom. The number of nitrogens with zero attached hydrogens (tertiary/aromatic N) is 2. The number of anilines is 1. The molecule has 0 spiro atoms. The first-order valence-electron chi connectivity index (χ1n) is 10.2. The maximum Gasteiger partial charge on any atom is 0.241 e. The maximum absolute atomic E-state index is 12.5. The first-order chi connectivity index (χ1) is 14.2. The number of aromatic nitrogens is 1. The molecule has 1 amide bonds. The van der Waals surface area contributed by atoms with E-state index in [1.54, 1.807) is 0 Å². The lowest BCUT2D eigenvalue weighted by molar-refractivity contribution is -0.118. The van der Waals surface area contributed by atoms with Crippen LogP contribution in [0.1, 0.15) is 36.1 Å². The Kier molecular flexibility index (Phi) is 4.03. The zero-order chi connectivity index (χ0) is 21.3. The second-order valence-corrected chi connectivity index (χ2v) is 9.26. The van der Waals surface area contributed by atoms with Gasteiger partial charge in [0.2, 0.25) is 5.91 Å². The van der Waals surface area contributed by atoms with Crippen molar-refractivity contribution in [1.82, 2.24) is 10.3 Å². The summed E-state index contributed by atoms with van der Waals surface area (Å²) in [5.74, 6) is 0.0243. The van der Waals surface area contributed by atoms with Gasteiger partial charge in [-0.05, 0) is 49.2 Å². The Balaban J connectivity index is 1.64. The highest BCUT2D eigenvalue weighted by Gasteiger charge is 2.59. The van der Waals surface area contributed by atoms with E-state index >= 15 is 0 Å². The van der Waals surface area contributed by atoms with Crippen molar-refractivity contribution < 1.29 is 4.79 Å². The number of benzene rings is 2. The zero-order valence-electron chi connectivity index (χ0n) is 17.6. The number of carbonyl (C=O) groups is 1. The number of pyridine rings is 1. The quantitative estimate of drug-likeness (QED) is 0.587. The van der Waals surface area contributed by atoms with Gasteiger partial charge in [-0.3, -0.25) is 4.79 Å². The van der Waals surface area contributed by atoms with Crippen molar-refractivity contribution in [1.29, 1.82) is 0 Å². The summed E-state index contributed by atoms with van der Waals surface area (Å²) in [4.78, 5) is 19.3. The SMILES string of the molecule is Cc1cc(C)c2nc(Cl)c(/C=C/[C@@]34NC(=O)CN3c3ccccc3C4(C)C)cc2c1. The van der Waals surface area contributed by atoms with Crippen LogP contribution in [0.3, 0.4) is 0 Å². The van der Waals surface area contributed by atoms with Crippen LogP contribution >= 0.6 is 11.6 Å². The van der Waals surface area contributed by atoms with Crippen molar-refractivity contribution in [2.45, 2.75) is 38.8 Å². The van der Waals surface area contributed by atoms with Crippen molar-refractivity contribution in [3.63, 3.8) is 0 Å². The lowest BCUT2D eigenvalue weighted by atomic mass is 9.75. The highest BCUT2D eigenvalue weighted by Crippen LogP contribution is 2.52. The molecule has 0 saturated carbocycles. The molecule has 30 heavy (non-hydrogen) atoms. The molecule has 1 saturated heterocycles. The van der Waals surface area contributed by atoms with Crippen molar-refractivity contribution >= 4 is 40.2 Å². The van der Waals surface area contributed by atoms with Crippen LogP contribution in [0.5, 0.6) is 0 Å². The number of aryl methyl sites for hydroxylation is 2. The Bertz CT molecular complexity index is 1250. The predicted octanol–water partition coefficient (Wildman–Crippen LogP) is 5.14. The van der Waals surface area contributed by atoms with E-state index in [9.17, 15) is 4.79 Å². The van der Waals surface area contributed by atoms with E-state index in [1.807, 2.05) is 12.1 Å². The molecule has 1 N–H and O–H groups in total. The smallest absolute Gasteiger partial charge is 0.241 e. The lowest BCUT2D eigenvalue weighted by Gasteiger charge is -2.40. The van der Waals surface area contributed by atoms with Gasteiger partial charge in [0, 0.05) is 22.1 Å². The number of halogens is 1. The van der Waals surface area contributed by atoms with Crippen LogP contribution in [0.25, 0.3) is 17.0 Å². The maximum atomic E-state index is 12.5. The monoisotopic (exact) mass is 417 g/mol. The summed E-state index contributed by atoms with van der Waals surface area (Å²) in [6.45, 7) is 8.83. The number of amides is 1. The van der Waals surface area contributed by atoms with Gasteiger partial charge in [0.15, 0.2) is 0 Å². The number of rotatable bonds is 2. The minimum atomic E-state index is -0.644. The third-order valence-corrected chi connectivity index (χ3v) is 6.92. The molecule has 1 atom stereocenters. The summed E-state index contributed by atoms with van der Waals surface area (Å²) in [5.41, 5.74) is 5.44. The van der Waals surface area contributed by atoms with Gasteiger partial charge in [0.05, 0.1) is 12.1 Å². The zero-order valence-corrected chi connectivity index (χ0v) is 18.3. The summed E-state index contributed by atoms with van der Waals surface area (Å²) in [6, 6.07) is 14.6. The number of para-hydroxylation sites is 1. The fourth-order valence-electron chi connectivity index (χ4n) is 5.11. The first kappa shape index (κ1) is 19.1. The summed E-state index contributed by atoms with van der Waals surface area (Å²) in [6.07, 6.45) is 4.08. The van der Waals surface area contributed by atoms with E-state index in [1.165, 1.54) is 11.1 Å². The van der Waals surface area contributed by atoms with Crippen LogP contribution in [0, 0.1) is 13.8 Å². The molecule has 3 heterocycles. The van der Waals surface area contributed by atoms with Crippen LogP contribution in [-0.2, 0) is 10.2 Å². The van der Waals surface area contributed by atoms with Crippen LogP contribution in [0.4, 0.5) is 5.69 Å². The summed E-state index contributed by atoms with van der Waals surface area (Å²) in [5, 5.41) is 4.78. The average molecular weight is 418 g/mol. The molecule has 0 unspecified atom stereocenters. The molecule has 1 aromatic heterocycles. The van der Waals surface area contributed by atoms with Gasteiger partial charge >= 0.3 is 0 Å². The molecule has 4 nitrogen and oxygen atoms in total. The number of hydrogen-bond donors (Lipinski definition) is 1. The highest BCUT2D eigenvalue weighted by molar-refractivity contribution is 6.31. The summed E-state index contributed by atoms with van der Waals surface area (Å²) < 4.78 is 0. The Hall–Kier alpha value is -2.85. The second-order valence-electron chi connectivity index (χ2n) is 8.90. The summed E-state index contributed by atoms with van der Waals surface area (Å²) >= 11 is 6.57. The van der Waals surface area contributed by atoms with Gasteiger partial charge in [-0.1, -0.05) is 61.4 Å². The molecule has 0 radical (unpaired) electrons. The van der Waals surface area contributed by atoms with Gasteiger partial charge in [-0.15, -0.1) is 0 Å². The van der Waals surface area contributed by atoms with Crippen LogP contribution < -0.4 is 10.2 Å². The van der Waals surface area contributed by atoms with E-state index in [-0.39, 0.29) is 11.3 Å². The van der Waals surface area contributed by atoms with Gasteiger partial charge in [0.1, 0.15) is 10.8 Å².